The molecular weight excluding hydrogens is 428 g/mol. The average molecular weight is 461 g/mol. The number of imidazole rings is 1. The van der Waals surface area contributed by atoms with Gasteiger partial charge in [0.1, 0.15) is 11.3 Å². The number of ether oxygens (including phenoxy) is 2. The highest BCUT2D eigenvalue weighted by Gasteiger charge is 2.29. The highest BCUT2D eigenvalue weighted by atomic mass is 16.5. The van der Waals surface area contributed by atoms with Crippen LogP contribution in [0.15, 0.2) is 36.4 Å². The zero-order chi connectivity index (χ0) is 24.6. The molecule has 0 radical (unpaired) electrons. The summed E-state index contributed by atoms with van der Waals surface area (Å²) in [5.74, 6) is 0.292. The summed E-state index contributed by atoms with van der Waals surface area (Å²) in [6, 6.07) is 10.2. The first-order valence-electron chi connectivity index (χ1n) is 11.8. The van der Waals surface area contributed by atoms with E-state index in [0.717, 1.165) is 24.2 Å². The second-order valence-electron chi connectivity index (χ2n) is 9.77. The third-order valence-electron chi connectivity index (χ3n) is 6.34. The van der Waals surface area contributed by atoms with Crippen molar-refractivity contribution in [3.8, 4) is 5.75 Å². The fraction of sp³-hybridized carbons (Fsp3) is 0.393. The van der Waals surface area contributed by atoms with Gasteiger partial charge in [0.15, 0.2) is 5.75 Å². The van der Waals surface area contributed by atoms with E-state index in [1.54, 1.807) is 13.0 Å². The third-order valence-corrected chi connectivity index (χ3v) is 6.34. The van der Waals surface area contributed by atoms with Crippen LogP contribution in [0.3, 0.4) is 0 Å². The van der Waals surface area contributed by atoms with Crippen LogP contribution in [0.2, 0.25) is 0 Å². The van der Waals surface area contributed by atoms with Crippen molar-refractivity contribution in [1.29, 1.82) is 0 Å². The maximum atomic E-state index is 13.0. The predicted octanol–water partition coefficient (Wildman–Crippen LogP) is 5.58. The third kappa shape index (κ3) is 4.37. The fourth-order valence-corrected chi connectivity index (χ4v) is 4.29. The van der Waals surface area contributed by atoms with E-state index >= 15 is 0 Å². The number of carbonyl (C=O) groups is 2. The minimum atomic E-state index is -0.712. The number of hydrogen-bond acceptors (Lipinski definition) is 5. The van der Waals surface area contributed by atoms with Gasteiger partial charge in [-0.05, 0) is 76.6 Å². The van der Waals surface area contributed by atoms with Gasteiger partial charge in [-0.1, -0.05) is 30.3 Å². The smallest absolute Gasteiger partial charge is 0.338 e. The summed E-state index contributed by atoms with van der Waals surface area (Å²) in [5, 5.41) is 0. The molecule has 4 rings (SSSR count). The van der Waals surface area contributed by atoms with Gasteiger partial charge in [-0.3, -0.25) is 4.79 Å². The van der Waals surface area contributed by atoms with E-state index in [2.05, 4.69) is 29.3 Å². The van der Waals surface area contributed by atoms with E-state index < -0.39 is 11.4 Å². The number of benzene rings is 2. The Balaban J connectivity index is 1.90. The maximum Gasteiger partial charge on any atom is 0.338 e. The number of hydrogen-bond donors (Lipinski definition) is 0. The molecule has 0 N–H and O–H groups in total. The predicted molar refractivity (Wildman–Crippen MR) is 133 cm³/mol. The van der Waals surface area contributed by atoms with Crippen LogP contribution in [0.1, 0.15) is 67.0 Å². The molecule has 2 aromatic carbocycles. The topological polar surface area (TPSA) is 70.4 Å². The van der Waals surface area contributed by atoms with Crippen molar-refractivity contribution in [2.45, 2.75) is 53.9 Å². The zero-order valence-corrected chi connectivity index (χ0v) is 20.8. The quantitative estimate of drug-likeness (QED) is 0.367. The van der Waals surface area contributed by atoms with E-state index in [-0.39, 0.29) is 12.6 Å². The van der Waals surface area contributed by atoms with Crippen LogP contribution in [0.25, 0.3) is 16.6 Å². The summed E-state index contributed by atoms with van der Waals surface area (Å²) in [4.78, 5) is 30.7. The molecule has 1 aromatic heterocycles. The molecular formula is C28H32N2O4. The van der Waals surface area contributed by atoms with Crippen LogP contribution in [0.4, 0.5) is 0 Å². The second kappa shape index (κ2) is 9.09. The molecule has 0 unspecified atom stereocenters. The highest BCUT2D eigenvalue weighted by molar-refractivity contribution is 6.00. The van der Waals surface area contributed by atoms with E-state index in [0.29, 0.717) is 28.8 Å². The Kier molecular flexibility index (Phi) is 6.34. The fourth-order valence-electron chi connectivity index (χ4n) is 4.29. The zero-order valence-electron chi connectivity index (χ0n) is 20.8. The normalized spacial score (nSPS) is 14.5. The Hall–Kier alpha value is -3.41. The monoisotopic (exact) mass is 460 g/mol. The lowest BCUT2D eigenvalue weighted by Crippen LogP contribution is -2.26. The molecule has 0 aliphatic heterocycles. The molecule has 0 fully saturated rings. The second-order valence-corrected chi connectivity index (χ2v) is 9.77. The van der Waals surface area contributed by atoms with Crippen molar-refractivity contribution < 1.29 is 19.1 Å². The van der Waals surface area contributed by atoms with Crippen LogP contribution in [-0.2, 0) is 29.4 Å². The van der Waals surface area contributed by atoms with Crippen LogP contribution in [-0.4, -0.2) is 28.1 Å². The van der Waals surface area contributed by atoms with Gasteiger partial charge < -0.3 is 14.0 Å². The van der Waals surface area contributed by atoms with Crippen LogP contribution < -0.4 is 4.74 Å². The van der Waals surface area contributed by atoms with Crippen molar-refractivity contribution in [1.82, 2.24) is 9.55 Å². The van der Waals surface area contributed by atoms with E-state index in [1.807, 2.05) is 45.4 Å². The van der Waals surface area contributed by atoms with Crippen LogP contribution in [0, 0.1) is 12.3 Å². The summed E-state index contributed by atoms with van der Waals surface area (Å²) in [5.41, 5.74) is 5.41. The average Bonchev–Trinajstić information content (AvgIpc) is 3.33. The summed E-state index contributed by atoms with van der Waals surface area (Å²) in [6.45, 7) is 9.35. The van der Waals surface area contributed by atoms with Crippen molar-refractivity contribution in [3.05, 3.63) is 64.5 Å². The summed E-state index contributed by atoms with van der Waals surface area (Å²) < 4.78 is 13.3. The number of aryl methyl sites for hydroxylation is 3. The molecule has 6 nitrogen and oxygen atoms in total. The molecule has 0 saturated carbocycles. The number of carbonyl (C=O) groups excluding carboxylic acids is 2. The van der Waals surface area contributed by atoms with E-state index in [4.69, 9.17) is 9.47 Å². The molecule has 0 spiro atoms. The lowest BCUT2D eigenvalue weighted by molar-refractivity contribution is -0.142. The van der Waals surface area contributed by atoms with Crippen LogP contribution >= 0.6 is 0 Å². The van der Waals surface area contributed by atoms with Gasteiger partial charge in [0, 0.05) is 12.6 Å². The molecule has 1 heterocycles. The number of nitrogens with zero attached hydrogens (tertiary/aromatic N) is 2. The van der Waals surface area contributed by atoms with Crippen molar-refractivity contribution in [2.24, 2.45) is 12.5 Å². The van der Waals surface area contributed by atoms with E-state index in [1.165, 1.54) is 16.7 Å². The van der Waals surface area contributed by atoms with Gasteiger partial charge in [-0.15, -0.1) is 0 Å². The standard InChI is InChI=1S/C28H32N2O4/c1-7-33-26(31)22-16-23-24(29-17(2)30(23)6)25(34-27(32)28(3,4)5)21(22)15-14-19-13-12-18-10-8-9-11-20(18)19/h8-11,14,16H,7,12-13,15H2,1-6H3/b19-14+. The first-order chi connectivity index (χ1) is 16.1. The Morgan fingerprint density at radius 2 is 1.91 bits per heavy atom. The van der Waals surface area contributed by atoms with Crippen molar-refractivity contribution in [3.63, 3.8) is 0 Å². The lowest BCUT2D eigenvalue weighted by Gasteiger charge is -2.20. The molecule has 34 heavy (non-hydrogen) atoms. The first-order valence-corrected chi connectivity index (χ1v) is 11.8. The van der Waals surface area contributed by atoms with Gasteiger partial charge >= 0.3 is 11.9 Å². The summed E-state index contributed by atoms with van der Waals surface area (Å²) in [7, 11) is 1.88. The molecule has 1 aliphatic carbocycles. The Morgan fingerprint density at radius 1 is 1.18 bits per heavy atom. The number of esters is 2. The lowest BCUT2D eigenvalue weighted by atomic mass is 9.96. The summed E-state index contributed by atoms with van der Waals surface area (Å²) >= 11 is 0. The molecule has 6 heteroatoms. The Morgan fingerprint density at radius 3 is 2.62 bits per heavy atom. The molecule has 0 amide bonds. The summed E-state index contributed by atoms with van der Waals surface area (Å²) in [6.07, 6.45) is 4.50. The Labute approximate surface area is 200 Å². The molecule has 178 valence electrons. The molecule has 1 aliphatic rings. The van der Waals surface area contributed by atoms with E-state index in [9.17, 15) is 9.59 Å². The molecule has 0 saturated heterocycles. The highest BCUT2D eigenvalue weighted by Crippen LogP contribution is 2.37. The molecule has 3 aromatic rings. The number of aromatic nitrogens is 2. The molecule has 0 atom stereocenters. The Bertz CT molecular complexity index is 1310. The van der Waals surface area contributed by atoms with Gasteiger partial charge in [0.05, 0.1) is 23.1 Å². The number of fused-ring (bicyclic) bond motifs is 2. The van der Waals surface area contributed by atoms with Gasteiger partial charge in [-0.25, -0.2) is 9.78 Å². The van der Waals surface area contributed by atoms with Gasteiger partial charge in [0.2, 0.25) is 0 Å². The van der Waals surface area contributed by atoms with Gasteiger partial charge in [0.25, 0.3) is 0 Å². The van der Waals surface area contributed by atoms with Crippen molar-refractivity contribution in [2.75, 3.05) is 6.61 Å². The first kappa shape index (κ1) is 23.7. The van der Waals surface area contributed by atoms with Crippen LogP contribution in [0.5, 0.6) is 5.75 Å². The van der Waals surface area contributed by atoms with Gasteiger partial charge in [-0.2, -0.15) is 0 Å². The minimum Gasteiger partial charge on any atom is -0.462 e. The minimum absolute atomic E-state index is 0.256. The van der Waals surface area contributed by atoms with Crippen molar-refractivity contribution >= 4 is 28.5 Å². The number of allylic oxidation sites excluding steroid dienone is 2. The largest absolute Gasteiger partial charge is 0.462 e. The SMILES string of the molecule is CCOC(=O)c1cc2c(nc(C)n2C)c(OC(=O)C(C)(C)C)c1C/C=C1\CCc2ccccc21. The maximum absolute atomic E-state index is 13.0. The molecule has 0 bridgehead atoms. The number of rotatable bonds is 5.